The van der Waals surface area contributed by atoms with Gasteiger partial charge >= 0.3 is 5.97 Å². The number of methoxy groups -OCH3 is 1. The summed E-state index contributed by atoms with van der Waals surface area (Å²) in [6.07, 6.45) is 1.77. The number of H-pyrrole nitrogens is 1. The first kappa shape index (κ1) is 22.5. The molecule has 31 heavy (non-hydrogen) atoms. The van der Waals surface area contributed by atoms with E-state index >= 15 is 0 Å². The van der Waals surface area contributed by atoms with Crippen LogP contribution in [0.5, 0.6) is 0 Å². The maximum Gasteiger partial charge on any atom is 0.339 e. The van der Waals surface area contributed by atoms with E-state index in [9.17, 15) is 18.8 Å². The van der Waals surface area contributed by atoms with Crippen molar-refractivity contribution in [3.63, 3.8) is 0 Å². The number of hydrogen-bond donors (Lipinski definition) is 2. The highest BCUT2D eigenvalue weighted by molar-refractivity contribution is 6.00. The number of aromatic nitrogens is 1. The molecule has 1 fully saturated rings. The number of esters is 1. The van der Waals surface area contributed by atoms with Crippen LogP contribution in [0, 0.1) is 25.6 Å². The van der Waals surface area contributed by atoms with Crippen LogP contribution in [0.2, 0.25) is 0 Å². The summed E-state index contributed by atoms with van der Waals surface area (Å²) in [6, 6.07) is 6.37. The number of likely N-dealkylation sites (tertiary alicyclic amines) is 1. The third kappa shape index (κ3) is 5.13. The predicted molar refractivity (Wildman–Crippen MR) is 113 cm³/mol. The van der Waals surface area contributed by atoms with Crippen LogP contribution in [0.3, 0.4) is 0 Å². The van der Waals surface area contributed by atoms with Gasteiger partial charge in [0.2, 0.25) is 5.91 Å². The molecule has 0 radical (unpaired) electrons. The van der Waals surface area contributed by atoms with Gasteiger partial charge in [-0.3, -0.25) is 9.59 Å². The van der Waals surface area contributed by atoms with Crippen molar-refractivity contribution in [2.45, 2.75) is 39.7 Å². The average molecular weight is 429 g/mol. The number of aromatic amines is 1. The van der Waals surface area contributed by atoms with E-state index in [4.69, 9.17) is 4.74 Å². The summed E-state index contributed by atoms with van der Waals surface area (Å²) in [4.78, 5) is 41.9. The van der Waals surface area contributed by atoms with E-state index in [1.807, 2.05) is 0 Å². The minimum Gasteiger partial charge on any atom is -0.465 e. The highest BCUT2D eigenvalue weighted by Crippen LogP contribution is 2.25. The van der Waals surface area contributed by atoms with Gasteiger partial charge in [-0.25, -0.2) is 9.18 Å². The molecule has 0 aliphatic carbocycles. The maximum atomic E-state index is 13.7. The van der Waals surface area contributed by atoms with E-state index in [1.54, 1.807) is 36.9 Å². The first-order valence-electron chi connectivity index (χ1n) is 10.4. The van der Waals surface area contributed by atoms with Crippen molar-refractivity contribution in [2.24, 2.45) is 5.92 Å². The molecule has 8 heteroatoms. The van der Waals surface area contributed by atoms with Crippen molar-refractivity contribution < 1.29 is 23.5 Å². The van der Waals surface area contributed by atoms with Crippen molar-refractivity contribution in [3.05, 3.63) is 58.2 Å². The molecule has 1 saturated heterocycles. The lowest BCUT2D eigenvalue weighted by Gasteiger charge is -2.31. The number of rotatable bonds is 6. The number of nitrogens with one attached hydrogen (secondary N) is 2. The number of carbonyl (C=O) groups is 3. The lowest BCUT2D eigenvalue weighted by molar-refractivity contribution is -0.122. The molecule has 7 nitrogen and oxygen atoms in total. The fourth-order valence-corrected chi connectivity index (χ4v) is 4.04. The number of piperidine rings is 1. The van der Waals surface area contributed by atoms with Crippen molar-refractivity contribution in [1.82, 2.24) is 15.2 Å². The van der Waals surface area contributed by atoms with Crippen molar-refractivity contribution in [3.8, 4) is 0 Å². The Morgan fingerprint density at radius 2 is 1.87 bits per heavy atom. The molecule has 2 aromatic rings. The third-order valence-corrected chi connectivity index (χ3v) is 5.85. The Bertz CT molecular complexity index is 977. The first-order chi connectivity index (χ1) is 14.8. The quantitative estimate of drug-likeness (QED) is 0.691. The highest BCUT2D eigenvalue weighted by atomic mass is 19.1. The number of halogens is 1. The molecule has 166 valence electrons. The molecule has 1 aromatic carbocycles. The summed E-state index contributed by atoms with van der Waals surface area (Å²) in [7, 11) is 1.31. The van der Waals surface area contributed by atoms with Gasteiger partial charge in [-0.05, 0) is 44.2 Å². The van der Waals surface area contributed by atoms with Crippen molar-refractivity contribution in [2.75, 3.05) is 20.2 Å². The van der Waals surface area contributed by atoms with Gasteiger partial charge in [-0.15, -0.1) is 0 Å². The Kier molecular flexibility index (Phi) is 7.09. The number of aryl methyl sites for hydroxylation is 1. The van der Waals surface area contributed by atoms with Crippen LogP contribution < -0.4 is 5.32 Å². The van der Waals surface area contributed by atoms with Gasteiger partial charge in [0.15, 0.2) is 0 Å². The molecule has 1 aliphatic heterocycles. The molecular weight excluding hydrogens is 401 g/mol. The molecule has 0 bridgehead atoms. The fraction of sp³-hybridized carbons (Fsp3) is 0.435. The normalized spacial score (nSPS) is 14.4. The van der Waals surface area contributed by atoms with E-state index in [-0.39, 0.29) is 30.1 Å². The molecule has 0 saturated carbocycles. The minimum atomic E-state index is -0.467. The molecule has 0 atom stereocenters. The zero-order chi connectivity index (χ0) is 22.5. The second-order valence-corrected chi connectivity index (χ2v) is 7.92. The summed E-state index contributed by atoms with van der Waals surface area (Å²) in [5, 5.41) is 2.77. The Labute approximate surface area is 181 Å². The molecule has 1 aliphatic rings. The minimum absolute atomic E-state index is 0.119. The molecule has 3 rings (SSSR count). The second kappa shape index (κ2) is 9.76. The third-order valence-electron chi connectivity index (χ3n) is 5.85. The van der Waals surface area contributed by atoms with Gasteiger partial charge in [0.1, 0.15) is 11.5 Å². The molecule has 0 unspecified atom stereocenters. The summed E-state index contributed by atoms with van der Waals surface area (Å²) in [5.74, 6) is -0.906. The number of ether oxygens (including phenoxy) is 1. The van der Waals surface area contributed by atoms with Gasteiger partial charge in [-0.2, -0.15) is 0 Å². The van der Waals surface area contributed by atoms with E-state index in [1.165, 1.54) is 13.2 Å². The number of nitrogens with zero attached hydrogens (tertiary/aromatic N) is 1. The van der Waals surface area contributed by atoms with Gasteiger partial charge < -0.3 is 19.9 Å². The first-order valence-corrected chi connectivity index (χ1v) is 10.4. The average Bonchev–Trinajstić information content (AvgIpc) is 3.06. The number of amides is 2. The highest BCUT2D eigenvalue weighted by Gasteiger charge is 2.29. The zero-order valence-electron chi connectivity index (χ0n) is 18.1. The van der Waals surface area contributed by atoms with Gasteiger partial charge in [0.05, 0.1) is 12.7 Å². The zero-order valence-corrected chi connectivity index (χ0v) is 18.1. The molecule has 2 N–H and O–H groups in total. The maximum absolute atomic E-state index is 13.7. The number of benzene rings is 1. The number of carbonyl (C=O) groups excluding carboxylic acids is 3. The summed E-state index contributed by atoms with van der Waals surface area (Å²) < 4.78 is 18.5. The Morgan fingerprint density at radius 3 is 2.52 bits per heavy atom. The summed E-state index contributed by atoms with van der Waals surface area (Å²) in [5.41, 5.74) is 2.45. The molecular formula is C23H28FN3O4. The van der Waals surface area contributed by atoms with Crippen LogP contribution in [-0.4, -0.2) is 47.9 Å². The van der Waals surface area contributed by atoms with E-state index in [2.05, 4.69) is 10.3 Å². The second-order valence-electron chi connectivity index (χ2n) is 7.92. The van der Waals surface area contributed by atoms with E-state index in [0.29, 0.717) is 60.4 Å². The Balaban J connectivity index is 1.51. The summed E-state index contributed by atoms with van der Waals surface area (Å²) in [6.45, 7) is 4.71. The van der Waals surface area contributed by atoms with E-state index in [0.717, 1.165) is 0 Å². The molecule has 2 heterocycles. The number of hydrogen-bond acceptors (Lipinski definition) is 4. The Hall–Kier alpha value is -3.16. The molecule has 0 spiro atoms. The lowest BCUT2D eigenvalue weighted by atomic mass is 9.93. The van der Waals surface area contributed by atoms with Crippen LogP contribution >= 0.6 is 0 Å². The van der Waals surface area contributed by atoms with Crippen LogP contribution in [0.1, 0.15) is 56.9 Å². The van der Waals surface area contributed by atoms with E-state index < -0.39 is 5.97 Å². The van der Waals surface area contributed by atoms with Crippen LogP contribution in [-0.2, 0) is 16.1 Å². The van der Waals surface area contributed by atoms with Gasteiger partial charge in [-0.1, -0.05) is 18.2 Å². The van der Waals surface area contributed by atoms with Crippen LogP contribution in [0.4, 0.5) is 4.39 Å². The molecule has 2 amide bonds. The SMILES string of the molecule is COC(=O)c1c(C)[nH]c(C(=O)N2CCC(CC(=O)NCc3ccccc3F)CC2)c1C. The van der Waals surface area contributed by atoms with Crippen molar-refractivity contribution in [1.29, 1.82) is 0 Å². The monoisotopic (exact) mass is 429 g/mol. The standard InChI is InChI=1S/C23H28FN3O4/c1-14-20(23(30)31-3)15(2)26-21(14)22(29)27-10-8-16(9-11-27)12-19(28)25-13-17-6-4-5-7-18(17)24/h4-7,16,26H,8-13H2,1-3H3,(H,25,28). The van der Waals surface area contributed by atoms with Gasteiger partial charge in [0, 0.05) is 37.3 Å². The largest absolute Gasteiger partial charge is 0.465 e. The van der Waals surface area contributed by atoms with Crippen LogP contribution in [0.15, 0.2) is 24.3 Å². The van der Waals surface area contributed by atoms with Crippen molar-refractivity contribution >= 4 is 17.8 Å². The predicted octanol–water partition coefficient (Wildman–Crippen LogP) is 3.12. The summed E-state index contributed by atoms with van der Waals surface area (Å²) >= 11 is 0. The smallest absolute Gasteiger partial charge is 0.339 e. The topological polar surface area (TPSA) is 91.5 Å². The lowest BCUT2D eigenvalue weighted by Crippen LogP contribution is -2.40. The van der Waals surface area contributed by atoms with Gasteiger partial charge in [0.25, 0.3) is 5.91 Å². The van der Waals surface area contributed by atoms with Crippen LogP contribution in [0.25, 0.3) is 0 Å². The Morgan fingerprint density at radius 1 is 1.19 bits per heavy atom. The fourth-order valence-electron chi connectivity index (χ4n) is 4.04. The molecule has 1 aromatic heterocycles.